The maximum Gasteiger partial charge on any atom is 0.343 e. The number of H-pyrrole nitrogens is 1. The summed E-state index contributed by atoms with van der Waals surface area (Å²) in [5, 5.41) is 7.25. The van der Waals surface area contributed by atoms with Crippen molar-refractivity contribution in [2.24, 2.45) is 0 Å². The zero-order valence-electron chi connectivity index (χ0n) is 9.54. The second kappa shape index (κ2) is 7.79. The van der Waals surface area contributed by atoms with E-state index < -0.39 is 0 Å². The highest BCUT2D eigenvalue weighted by molar-refractivity contribution is 7.99. The number of rotatable bonds is 8. The number of aromatic nitrogens is 3. The van der Waals surface area contributed by atoms with Crippen molar-refractivity contribution in [3.63, 3.8) is 0 Å². The Bertz CT molecular complexity index is 350. The second-order valence-corrected chi connectivity index (χ2v) is 4.95. The minimum Gasteiger partial charge on any atom is -0.270 e. The molecule has 4 nitrogen and oxygen atoms in total. The molecule has 0 fully saturated rings. The molecule has 1 aromatic heterocycles. The predicted molar refractivity (Wildman–Crippen MR) is 68.4 cm³/mol. The third-order valence-electron chi connectivity index (χ3n) is 2.30. The van der Waals surface area contributed by atoms with Gasteiger partial charge in [0.2, 0.25) is 0 Å². The van der Waals surface area contributed by atoms with Gasteiger partial charge in [-0.25, -0.2) is 9.89 Å². The highest BCUT2D eigenvalue weighted by Crippen LogP contribution is 2.15. The number of nitrogens with zero attached hydrogens (tertiary/aromatic N) is 2. The number of nitrogens with one attached hydrogen (secondary N) is 1. The standard InChI is InChI=1S/C10H18ClN3OS/c1-2-14-9(15)12-13-10(14)16-8-6-4-3-5-7-11/h2-8H2,1H3,(H,12,15). The van der Waals surface area contributed by atoms with Crippen LogP contribution in [-0.2, 0) is 6.54 Å². The van der Waals surface area contributed by atoms with Crippen LogP contribution in [0.3, 0.4) is 0 Å². The summed E-state index contributed by atoms with van der Waals surface area (Å²) in [5.74, 6) is 1.76. The molecule has 0 atom stereocenters. The fourth-order valence-corrected chi connectivity index (χ4v) is 2.60. The van der Waals surface area contributed by atoms with Gasteiger partial charge >= 0.3 is 5.69 Å². The highest BCUT2D eigenvalue weighted by Gasteiger charge is 2.05. The molecule has 0 aliphatic heterocycles. The van der Waals surface area contributed by atoms with Crippen LogP contribution in [-0.4, -0.2) is 26.4 Å². The van der Waals surface area contributed by atoms with Crippen molar-refractivity contribution < 1.29 is 0 Å². The van der Waals surface area contributed by atoms with Crippen LogP contribution < -0.4 is 5.69 Å². The van der Waals surface area contributed by atoms with Crippen LogP contribution >= 0.6 is 23.4 Å². The van der Waals surface area contributed by atoms with Gasteiger partial charge in [0.15, 0.2) is 5.16 Å². The molecule has 0 amide bonds. The Morgan fingerprint density at radius 2 is 2.12 bits per heavy atom. The molecule has 0 spiro atoms. The number of thioether (sulfide) groups is 1. The largest absolute Gasteiger partial charge is 0.343 e. The van der Waals surface area contributed by atoms with Gasteiger partial charge in [-0.2, -0.15) is 0 Å². The van der Waals surface area contributed by atoms with Crippen molar-refractivity contribution in [3.8, 4) is 0 Å². The molecule has 1 rings (SSSR count). The second-order valence-electron chi connectivity index (χ2n) is 3.51. The summed E-state index contributed by atoms with van der Waals surface area (Å²) in [6, 6.07) is 0. The summed E-state index contributed by atoms with van der Waals surface area (Å²) in [5.41, 5.74) is -0.118. The number of hydrogen-bond acceptors (Lipinski definition) is 3. The number of hydrogen-bond donors (Lipinski definition) is 1. The first-order valence-corrected chi connectivity index (χ1v) is 7.15. The molecule has 0 radical (unpaired) electrons. The van der Waals surface area contributed by atoms with Gasteiger partial charge in [-0.15, -0.1) is 16.7 Å². The van der Waals surface area contributed by atoms with Gasteiger partial charge in [-0.3, -0.25) is 4.57 Å². The number of alkyl halides is 1. The van der Waals surface area contributed by atoms with Crippen LogP contribution in [0.2, 0.25) is 0 Å². The SMILES string of the molecule is CCn1c(SCCCCCCCl)n[nH]c1=O. The van der Waals surface area contributed by atoms with Gasteiger partial charge in [0.25, 0.3) is 0 Å². The Morgan fingerprint density at radius 1 is 1.38 bits per heavy atom. The fourth-order valence-electron chi connectivity index (χ4n) is 1.41. The molecule has 6 heteroatoms. The van der Waals surface area contributed by atoms with Crippen LogP contribution in [0.5, 0.6) is 0 Å². The van der Waals surface area contributed by atoms with Crippen molar-refractivity contribution in [1.29, 1.82) is 0 Å². The average Bonchev–Trinajstić information content (AvgIpc) is 2.64. The van der Waals surface area contributed by atoms with Gasteiger partial charge in [0, 0.05) is 18.2 Å². The Morgan fingerprint density at radius 3 is 2.81 bits per heavy atom. The van der Waals surface area contributed by atoms with E-state index in [0.717, 1.165) is 29.6 Å². The molecule has 0 aliphatic carbocycles. The van der Waals surface area contributed by atoms with Crippen molar-refractivity contribution in [3.05, 3.63) is 10.5 Å². The minimum absolute atomic E-state index is 0.118. The van der Waals surface area contributed by atoms with Crippen molar-refractivity contribution in [1.82, 2.24) is 14.8 Å². The van der Waals surface area contributed by atoms with Gasteiger partial charge < -0.3 is 0 Å². The first-order chi connectivity index (χ1) is 7.79. The Hall–Kier alpha value is -0.420. The number of unbranched alkanes of at least 4 members (excludes halogenated alkanes) is 3. The number of halogens is 1. The van der Waals surface area contributed by atoms with Gasteiger partial charge in [-0.1, -0.05) is 24.6 Å². The lowest BCUT2D eigenvalue weighted by Crippen LogP contribution is -2.16. The lowest BCUT2D eigenvalue weighted by Gasteiger charge is -2.01. The van der Waals surface area contributed by atoms with Crippen LogP contribution in [0, 0.1) is 0 Å². The van der Waals surface area contributed by atoms with E-state index in [4.69, 9.17) is 11.6 Å². The molecule has 0 aliphatic rings. The molecule has 0 aromatic carbocycles. The molecule has 0 saturated heterocycles. The molecular formula is C10H18ClN3OS. The quantitative estimate of drug-likeness (QED) is 0.445. The fraction of sp³-hybridized carbons (Fsp3) is 0.800. The van der Waals surface area contributed by atoms with Crippen LogP contribution in [0.25, 0.3) is 0 Å². The van der Waals surface area contributed by atoms with Gasteiger partial charge in [0.05, 0.1) is 0 Å². The topological polar surface area (TPSA) is 50.7 Å². The predicted octanol–water partition coefficient (Wildman–Crippen LogP) is 2.48. The van der Waals surface area contributed by atoms with Crippen molar-refractivity contribution >= 4 is 23.4 Å². The lowest BCUT2D eigenvalue weighted by molar-refractivity contribution is 0.658. The highest BCUT2D eigenvalue weighted by atomic mass is 35.5. The van der Waals surface area contributed by atoms with E-state index >= 15 is 0 Å². The van der Waals surface area contributed by atoms with Crippen LogP contribution in [0.4, 0.5) is 0 Å². The van der Waals surface area contributed by atoms with E-state index in [1.165, 1.54) is 12.8 Å². The zero-order valence-corrected chi connectivity index (χ0v) is 11.1. The maximum absolute atomic E-state index is 11.3. The Labute approximate surface area is 105 Å². The number of aromatic amines is 1. The Kier molecular flexibility index (Phi) is 6.64. The van der Waals surface area contributed by atoms with Crippen LogP contribution in [0.1, 0.15) is 32.6 Å². The van der Waals surface area contributed by atoms with Crippen molar-refractivity contribution in [2.75, 3.05) is 11.6 Å². The third kappa shape index (κ3) is 4.22. The molecular weight excluding hydrogens is 246 g/mol. The molecule has 1 heterocycles. The summed E-state index contributed by atoms with van der Waals surface area (Å²) in [6.07, 6.45) is 4.62. The van der Waals surface area contributed by atoms with E-state index in [-0.39, 0.29) is 5.69 Å². The molecule has 92 valence electrons. The van der Waals surface area contributed by atoms with E-state index in [0.29, 0.717) is 6.54 Å². The third-order valence-corrected chi connectivity index (χ3v) is 3.63. The maximum atomic E-state index is 11.3. The molecule has 1 N–H and O–H groups in total. The van der Waals surface area contributed by atoms with E-state index in [1.807, 2.05) is 6.92 Å². The minimum atomic E-state index is -0.118. The smallest absolute Gasteiger partial charge is 0.270 e. The average molecular weight is 264 g/mol. The monoisotopic (exact) mass is 263 g/mol. The first-order valence-electron chi connectivity index (χ1n) is 5.63. The molecule has 1 aromatic rings. The van der Waals surface area contributed by atoms with E-state index in [2.05, 4.69) is 10.2 Å². The van der Waals surface area contributed by atoms with Gasteiger partial charge in [0.1, 0.15) is 0 Å². The van der Waals surface area contributed by atoms with E-state index in [1.54, 1.807) is 16.3 Å². The summed E-state index contributed by atoms with van der Waals surface area (Å²) in [4.78, 5) is 11.3. The molecule has 0 unspecified atom stereocenters. The summed E-state index contributed by atoms with van der Waals surface area (Å²) in [7, 11) is 0. The molecule has 0 saturated carbocycles. The first kappa shape index (κ1) is 13.6. The summed E-state index contributed by atoms with van der Waals surface area (Å²) in [6.45, 7) is 2.62. The van der Waals surface area contributed by atoms with Gasteiger partial charge in [-0.05, 0) is 19.8 Å². The summed E-state index contributed by atoms with van der Waals surface area (Å²) < 4.78 is 1.66. The van der Waals surface area contributed by atoms with Crippen molar-refractivity contribution in [2.45, 2.75) is 44.3 Å². The molecule has 0 bridgehead atoms. The zero-order chi connectivity index (χ0) is 11.8. The normalized spacial score (nSPS) is 10.9. The van der Waals surface area contributed by atoms with Crippen LogP contribution in [0.15, 0.2) is 9.95 Å². The molecule has 16 heavy (non-hydrogen) atoms. The lowest BCUT2D eigenvalue weighted by atomic mass is 10.2. The van der Waals surface area contributed by atoms with E-state index in [9.17, 15) is 4.79 Å². The summed E-state index contributed by atoms with van der Waals surface area (Å²) >= 11 is 7.23. The Balaban J connectivity index is 2.24.